The van der Waals surface area contributed by atoms with E-state index in [1.165, 1.54) is 8.66 Å². The summed E-state index contributed by atoms with van der Waals surface area (Å²) in [5.74, 6) is 0.146. The Morgan fingerprint density at radius 3 is 2.52 bits per heavy atom. The molecule has 4 nitrogen and oxygen atoms in total. The Kier molecular flexibility index (Phi) is 6.66. The van der Waals surface area contributed by atoms with Gasteiger partial charge in [-0.05, 0) is 55.3 Å². The van der Waals surface area contributed by atoms with Gasteiger partial charge >= 0.3 is 0 Å². The minimum absolute atomic E-state index is 0.0566. The van der Waals surface area contributed by atoms with Gasteiger partial charge in [0.05, 0.1) is 9.83 Å². The molecule has 1 fully saturated rings. The second-order valence-corrected chi connectivity index (χ2v) is 9.47. The number of nitrogens with zero attached hydrogens (tertiary/aromatic N) is 2. The molecule has 0 aliphatic carbocycles. The lowest BCUT2D eigenvalue weighted by Crippen LogP contribution is -2.56. The maximum atomic E-state index is 12.4. The summed E-state index contributed by atoms with van der Waals surface area (Å²) in [5.41, 5.74) is -0.125. The van der Waals surface area contributed by atoms with Gasteiger partial charge in [0.1, 0.15) is 0 Å². The molecule has 1 aliphatic heterocycles. The fraction of sp³-hybridized carbons (Fsp3) is 0.706. The van der Waals surface area contributed by atoms with Crippen LogP contribution in [0.2, 0.25) is 0 Å². The first-order valence-electron chi connectivity index (χ1n) is 8.33. The topological polar surface area (TPSA) is 35.6 Å². The van der Waals surface area contributed by atoms with Crippen molar-refractivity contribution in [1.29, 1.82) is 0 Å². The number of hydrogen-bond acceptors (Lipinski definition) is 4. The Labute approximate surface area is 152 Å². The number of hydrogen-bond donors (Lipinski definition) is 1. The van der Waals surface area contributed by atoms with Gasteiger partial charge in [-0.15, -0.1) is 11.3 Å². The van der Waals surface area contributed by atoms with Crippen molar-refractivity contribution in [1.82, 2.24) is 15.1 Å². The molecule has 6 heteroatoms. The first-order valence-corrected chi connectivity index (χ1v) is 9.94. The highest BCUT2D eigenvalue weighted by Gasteiger charge is 2.28. The van der Waals surface area contributed by atoms with Crippen molar-refractivity contribution in [3.8, 4) is 0 Å². The molecule has 1 aromatic rings. The third-order valence-corrected chi connectivity index (χ3v) is 6.30. The van der Waals surface area contributed by atoms with E-state index in [4.69, 9.17) is 0 Å². The Bertz CT molecular complexity index is 524. The van der Waals surface area contributed by atoms with Crippen LogP contribution in [0.15, 0.2) is 15.9 Å². The van der Waals surface area contributed by atoms with Gasteiger partial charge in [0.2, 0.25) is 5.91 Å². The molecule has 2 heterocycles. The van der Waals surface area contributed by atoms with Crippen LogP contribution in [-0.2, 0) is 11.3 Å². The highest BCUT2D eigenvalue weighted by molar-refractivity contribution is 9.11. The first-order chi connectivity index (χ1) is 10.8. The SMILES string of the molecule is CCC(C)(C)NC(=O)C(C)N1CCN(Cc2ccc(Br)s2)CC1. The van der Waals surface area contributed by atoms with Gasteiger partial charge < -0.3 is 5.32 Å². The van der Waals surface area contributed by atoms with Gasteiger partial charge in [-0.25, -0.2) is 0 Å². The van der Waals surface area contributed by atoms with Crippen LogP contribution in [0.5, 0.6) is 0 Å². The maximum Gasteiger partial charge on any atom is 0.237 e. The second kappa shape index (κ2) is 8.10. The Balaban J connectivity index is 1.80. The fourth-order valence-corrected chi connectivity index (χ4v) is 4.18. The largest absolute Gasteiger partial charge is 0.350 e. The van der Waals surface area contributed by atoms with Crippen molar-refractivity contribution in [2.75, 3.05) is 26.2 Å². The molecular weight excluding hydrogens is 374 g/mol. The van der Waals surface area contributed by atoms with Gasteiger partial charge in [0.25, 0.3) is 0 Å². The minimum atomic E-state index is -0.125. The first kappa shape index (κ1) is 18.9. The molecule has 0 bridgehead atoms. The van der Waals surface area contributed by atoms with Crippen LogP contribution in [-0.4, -0.2) is 53.5 Å². The molecule has 0 spiro atoms. The zero-order chi connectivity index (χ0) is 17.0. The zero-order valence-electron chi connectivity index (χ0n) is 14.6. The normalized spacial score (nSPS) is 18.8. The number of amides is 1. The summed E-state index contributed by atoms with van der Waals surface area (Å²) in [6, 6.07) is 4.24. The molecular formula is C17H28BrN3OS. The van der Waals surface area contributed by atoms with Crippen molar-refractivity contribution in [3.63, 3.8) is 0 Å². The smallest absolute Gasteiger partial charge is 0.237 e. The average molecular weight is 402 g/mol. The molecule has 1 amide bonds. The van der Waals surface area contributed by atoms with Crippen LogP contribution in [0.4, 0.5) is 0 Å². The van der Waals surface area contributed by atoms with Gasteiger partial charge in [0.15, 0.2) is 0 Å². The van der Waals surface area contributed by atoms with Crippen molar-refractivity contribution < 1.29 is 4.79 Å². The molecule has 1 unspecified atom stereocenters. The summed E-state index contributed by atoms with van der Waals surface area (Å²) in [4.78, 5) is 18.6. The van der Waals surface area contributed by atoms with Crippen molar-refractivity contribution >= 4 is 33.2 Å². The number of halogens is 1. The number of carbonyl (C=O) groups excluding carboxylic acids is 1. The lowest BCUT2D eigenvalue weighted by Gasteiger charge is -2.38. The van der Waals surface area contributed by atoms with Gasteiger partial charge in [-0.3, -0.25) is 14.6 Å². The van der Waals surface area contributed by atoms with E-state index in [2.05, 4.69) is 64.0 Å². The molecule has 0 aromatic carbocycles. The zero-order valence-corrected chi connectivity index (χ0v) is 17.0. The molecule has 0 saturated carbocycles. The Morgan fingerprint density at radius 1 is 1.35 bits per heavy atom. The molecule has 1 N–H and O–H groups in total. The number of carbonyl (C=O) groups is 1. The monoisotopic (exact) mass is 401 g/mol. The Morgan fingerprint density at radius 2 is 2.00 bits per heavy atom. The number of nitrogens with one attached hydrogen (secondary N) is 1. The van der Waals surface area contributed by atoms with Crippen molar-refractivity contribution in [2.45, 2.75) is 52.2 Å². The van der Waals surface area contributed by atoms with E-state index in [9.17, 15) is 4.79 Å². The highest BCUT2D eigenvalue weighted by Crippen LogP contribution is 2.23. The molecule has 1 atom stereocenters. The Hall–Kier alpha value is -0.430. The van der Waals surface area contributed by atoms with E-state index in [1.807, 2.05) is 6.92 Å². The third-order valence-electron chi connectivity index (χ3n) is 4.69. The van der Waals surface area contributed by atoms with E-state index in [0.29, 0.717) is 0 Å². The second-order valence-electron chi connectivity index (χ2n) is 6.92. The summed E-state index contributed by atoms with van der Waals surface area (Å²) in [5, 5.41) is 3.16. The van der Waals surface area contributed by atoms with Crippen LogP contribution < -0.4 is 5.32 Å². The molecule has 1 saturated heterocycles. The van der Waals surface area contributed by atoms with E-state index in [1.54, 1.807) is 11.3 Å². The van der Waals surface area contributed by atoms with Crippen LogP contribution in [0.3, 0.4) is 0 Å². The summed E-state index contributed by atoms with van der Waals surface area (Å²) in [7, 11) is 0. The number of piperazine rings is 1. The fourth-order valence-electron chi connectivity index (χ4n) is 2.66. The highest BCUT2D eigenvalue weighted by atomic mass is 79.9. The molecule has 1 aliphatic rings. The predicted octanol–water partition coefficient (Wildman–Crippen LogP) is 3.32. The van der Waals surface area contributed by atoms with E-state index >= 15 is 0 Å². The van der Waals surface area contributed by atoms with E-state index in [0.717, 1.165) is 39.1 Å². The molecule has 2 rings (SSSR count). The molecule has 1 aromatic heterocycles. The lowest BCUT2D eigenvalue weighted by molar-refractivity contribution is -0.128. The van der Waals surface area contributed by atoms with Crippen LogP contribution in [0.25, 0.3) is 0 Å². The lowest BCUT2D eigenvalue weighted by atomic mass is 10.0. The summed E-state index contributed by atoms with van der Waals surface area (Å²) in [6.07, 6.45) is 0.940. The van der Waals surface area contributed by atoms with Crippen LogP contribution >= 0.6 is 27.3 Å². The van der Waals surface area contributed by atoms with Crippen LogP contribution in [0, 0.1) is 0 Å². The van der Waals surface area contributed by atoms with Gasteiger partial charge in [-0.2, -0.15) is 0 Å². The third kappa shape index (κ3) is 5.55. The quantitative estimate of drug-likeness (QED) is 0.793. The molecule has 23 heavy (non-hydrogen) atoms. The molecule has 130 valence electrons. The summed E-state index contributed by atoms with van der Waals surface area (Å²) >= 11 is 5.32. The molecule has 0 radical (unpaired) electrons. The van der Waals surface area contributed by atoms with E-state index < -0.39 is 0 Å². The number of rotatable bonds is 6. The van der Waals surface area contributed by atoms with Crippen molar-refractivity contribution in [2.24, 2.45) is 0 Å². The summed E-state index contributed by atoms with van der Waals surface area (Å²) < 4.78 is 1.19. The average Bonchev–Trinajstić information content (AvgIpc) is 2.92. The predicted molar refractivity (Wildman–Crippen MR) is 101 cm³/mol. The number of thiophene rings is 1. The van der Waals surface area contributed by atoms with E-state index in [-0.39, 0.29) is 17.5 Å². The van der Waals surface area contributed by atoms with Gasteiger partial charge in [0, 0.05) is 43.1 Å². The van der Waals surface area contributed by atoms with Crippen LogP contribution in [0.1, 0.15) is 39.0 Å². The standard InChI is InChI=1S/C17H28BrN3OS/c1-5-17(3,4)19-16(22)13(2)21-10-8-20(9-11-21)12-14-6-7-15(18)23-14/h6-7,13H,5,8-12H2,1-4H3,(H,19,22). The summed E-state index contributed by atoms with van der Waals surface area (Å²) in [6.45, 7) is 13.2. The minimum Gasteiger partial charge on any atom is -0.350 e. The van der Waals surface area contributed by atoms with Gasteiger partial charge in [-0.1, -0.05) is 6.92 Å². The van der Waals surface area contributed by atoms with Crippen molar-refractivity contribution in [3.05, 3.63) is 20.8 Å². The maximum absolute atomic E-state index is 12.4.